The summed E-state index contributed by atoms with van der Waals surface area (Å²) < 4.78 is 13.6. The molecule has 6 heteroatoms. The smallest absolute Gasteiger partial charge is 0.313 e. The Bertz CT molecular complexity index is 1400. The number of ether oxygens (including phenoxy) is 2. The Morgan fingerprint density at radius 1 is 1.03 bits per heavy atom. The van der Waals surface area contributed by atoms with Crippen molar-refractivity contribution in [2.45, 2.75) is 64.3 Å². The fourth-order valence-electron chi connectivity index (χ4n) is 6.87. The lowest BCUT2D eigenvalue weighted by molar-refractivity contribution is -0.176. The topological polar surface area (TPSA) is 55.8 Å². The molecule has 38 heavy (non-hydrogen) atoms. The van der Waals surface area contributed by atoms with Crippen LogP contribution in [0.5, 0.6) is 0 Å². The van der Waals surface area contributed by atoms with E-state index in [-0.39, 0.29) is 23.9 Å². The summed E-state index contributed by atoms with van der Waals surface area (Å²) in [6.45, 7) is 7.54. The van der Waals surface area contributed by atoms with Crippen LogP contribution in [0, 0.1) is 10.8 Å². The number of halogens is 1. The van der Waals surface area contributed by atoms with Crippen molar-refractivity contribution in [1.82, 2.24) is 4.90 Å². The Morgan fingerprint density at radius 2 is 1.76 bits per heavy atom. The van der Waals surface area contributed by atoms with Crippen LogP contribution in [0.2, 0.25) is 0 Å². The van der Waals surface area contributed by atoms with Crippen molar-refractivity contribution < 1.29 is 19.1 Å². The van der Waals surface area contributed by atoms with Crippen LogP contribution in [-0.4, -0.2) is 41.6 Å². The molecule has 3 fully saturated rings. The zero-order valence-electron chi connectivity index (χ0n) is 22.2. The summed E-state index contributed by atoms with van der Waals surface area (Å²) in [4.78, 5) is 28.8. The highest BCUT2D eigenvalue weighted by Crippen LogP contribution is 2.66. The lowest BCUT2D eigenvalue weighted by atomic mass is 9.66. The standard InChI is InChI=1S/C32H34BrNO4/c1-30(2)31(3)15-16-32(30,38-29(31)36)28(35)34-17-14-26(23-10-12-25(33)13-11-23)27(19-34)37-20-21-8-9-22-6-4-5-7-24(22)18-21/h4-13,18,26-27H,14-17,19-20H2,1-3H3/t26-,27+,31+,32-/m1/s1. The van der Waals surface area contributed by atoms with E-state index < -0.39 is 16.4 Å². The van der Waals surface area contributed by atoms with Gasteiger partial charge in [-0.25, -0.2) is 0 Å². The zero-order valence-corrected chi connectivity index (χ0v) is 23.8. The molecule has 198 valence electrons. The van der Waals surface area contributed by atoms with Crippen molar-refractivity contribution >= 4 is 38.6 Å². The van der Waals surface area contributed by atoms with E-state index in [9.17, 15) is 9.59 Å². The molecule has 6 rings (SSSR count). The quantitative estimate of drug-likeness (QED) is 0.320. The highest BCUT2D eigenvalue weighted by Gasteiger charge is 2.76. The van der Waals surface area contributed by atoms with Crippen molar-refractivity contribution in [3.8, 4) is 0 Å². The first kappa shape index (κ1) is 25.6. The van der Waals surface area contributed by atoms with Crippen LogP contribution in [0.3, 0.4) is 0 Å². The fraction of sp³-hybridized carbons (Fsp3) is 0.438. The largest absolute Gasteiger partial charge is 0.448 e. The number of carbonyl (C=O) groups excluding carboxylic acids is 2. The van der Waals surface area contributed by atoms with E-state index in [4.69, 9.17) is 9.47 Å². The van der Waals surface area contributed by atoms with E-state index in [1.165, 1.54) is 16.3 Å². The van der Waals surface area contributed by atoms with Gasteiger partial charge in [0.25, 0.3) is 5.91 Å². The van der Waals surface area contributed by atoms with Crippen molar-refractivity contribution in [2.24, 2.45) is 10.8 Å². The van der Waals surface area contributed by atoms with Gasteiger partial charge >= 0.3 is 5.97 Å². The van der Waals surface area contributed by atoms with Crippen molar-refractivity contribution in [2.75, 3.05) is 13.1 Å². The third-order valence-electron chi connectivity index (χ3n) is 9.85. The lowest BCUT2D eigenvalue weighted by Crippen LogP contribution is -2.58. The molecule has 0 spiro atoms. The predicted octanol–water partition coefficient (Wildman–Crippen LogP) is 6.63. The number of rotatable bonds is 5. The predicted molar refractivity (Wildman–Crippen MR) is 151 cm³/mol. The molecule has 1 aliphatic carbocycles. The molecule has 0 aromatic heterocycles. The molecule has 3 aromatic rings. The van der Waals surface area contributed by atoms with Gasteiger partial charge in [-0.05, 0) is 66.3 Å². The van der Waals surface area contributed by atoms with Gasteiger partial charge in [-0.3, -0.25) is 9.59 Å². The number of piperidine rings is 1. The van der Waals surface area contributed by atoms with Crippen LogP contribution in [0.15, 0.2) is 71.2 Å². The van der Waals surface area contributed by atoms with E-state index in [1.807, 2.05) is 37.8 Å². The number of amides is 1. The van der Waals surface area contributed by atoms with Crippen molar-refractivity contribution in [3.63, 3.8) is 0 Å². The van der Waals surface area contributed by atoms with Gasteiger partial charge in [-0.15, -0.1) is 0 Å². The van der Waals surface area contributed by atoms with Crippen LogP contribution in [-0.2, 0) is 25.7 Å². The number of nitrogens with zero attached hydrogens (tertiary/aromatic N) is 1. The van der Waals surface area contributed by atoms with Gasteiger partial charge in [0, 0.05) is 28.9 Å². The molecule has 2 heterocycles. The van der Waals surface area contributed by atoms with Crippen LogP contribution in [0.25, 0.3) is 10.8 Å². The molecular weight excluding hydrogens is 542 g/mol. The second-order valence-electron chi connectivity index (χ2n) is 11.9. The average molecular weight is 577 g/mol. The first-order chi connectivity index (χ1) is 18.1. The van der Waals surface area contributed by atoms with E-state index in [0.717, 1.165) is 16.5 Å². The first-order valence-electron chi connectivity index (χ1n) is 13.5. The summed E-state index contributed by atoms with van der Waals surface area (Å²) in [7, 11) is 0. The summed E-state index contributed by atoms with van der Waals surface area (Å²) in [5.41, 5.74) is 0.0510. The third-order valence-corrected chi connectivity index (χ3v) is 10.4. The fourth-order valence-corrected chi connectivity index (χ4v) is 7.13. The lowest BCUT2D eigenvalue weighted by Gasteiger charge is -2.44. The number of benzene rings is 3. The third kappa shape index (κ3) is 3.83. The SMILES string of the molecule is CC1(C)[C@@]2(C)CC[C@]1(C(=O)N1CC[C@H](c3ccc(Br)cc3)[C@@H](OCc3ccc4ccccc4c3)C1)OC2=O. The van der Waals surface area contributed by atoms with E-state index in [0.29, 0.717) is 32.5 Å². The summed E-state index contributed by atoms with van der Waals surface area (Å²) >= 11 is 3.54. The van der Waals surface area contributed by atoms with Crippen molar-refractivity contribution in [3.05, 3.63) is 82.3 Å². The maximum absolute atomic E-state index is 14.1. The summed E-state index contributed by atoms with van der Waals surface area (Å²) in [6, 6.07) is 23.1. The van der Waals surface area contributed by atoms with E-state index in [2.05, 4.69) is 70.5 Å². The molecule has 1 saturated carbocycles. The molecule has 3 aromatic carbocycles. The molecule has 4 atom stereocenters. The van der Waals surface area contributed by atoms with Gasteiger partial charge < -0.3 is 14.4 Å². The number of hydrogen-bond donors (Lipinski definition) is 0. The Labute approximate surface area is 232 Å². The maximum atomic E-state index is 14.1. The van der Waals surface area contributed by atoms with Crippen molar-refractivity contribution in [1.29, 1.82) is 0 Å². The summed E-state index contributed by atoms with van der Waals surface area (Å²) in [5, 5.41) is 2.39. The van der Waals surface area contributed by atoms with E-state index >= 15 is 0 Å². The van der Waals surface area contributed by atoms with Gasteiger partial charge in [0.05, 0.1) is 18.1 Å². The van der Waals surface area contributed by atoms with Crippen LogP contribution in [0.1, 0.15) is 57.1 Å². The Hall–Kier alpha value is -2.70. The average Bonchev–Trinajstić information content (AvgIpc) is 3.22. The molecule has 2 saturated heterocycles. The van der Waals surface area contributed by atoms with E-state index in [1.54, 1.807) is 0 Å². The molecule has 0 radical (unpaired) electrons. The molecule has 0 N–H and O–H groups in total. The summed E-state index contributed by atoms with van der Waals surface area (Å²) in [6.07, 6.45) is 1.88. The van der Waals surface area contributed by atoms with Crippen LogP contribution >= 0.6 is 15.9 Å². The number of likely N-dealkylation sites (tertiary alicyclic amines) is 1. The molecule has 1 amide bonds. The minimum atomic E-state index is -1.09. The molecule has 0 unspecified atom stereocenters. The summed E-state index contributed by atoms with van der Waals surface area (Å²) in [5.74, 6) is -0.139. The number of fused-ring (bicyclic) bond motifs is 3. The zero-order chi connectivity index (χ0) is 26.7. The maximum Gasteiger partial charge on any atom is 0.313 e. The molecule has 5 nitrogen and oxygen atoms in total. The number of hydrogen-bond acceptors (Lipinski definition) is 4. The molecule has 2 bridgehead atoms. The minimum Gasteiger partial charge on any atom is -0.448 e. The van der Waals surface area contributed by atoms with Gasteiger partial charge in [-0.1, -0.05) is 78.3 Å². The number of esters is 1. The second-order valence-corrected chi connectivity index (χ2v) is 12.8. The second kappa shape index (κ2) is 9.20. The van der Waals surface area contributed by atoms with Gasteiger partial charge in [0.2, 0.25) is 0 Å². The first-order valence-corrected chi connectivity index (χ1v) is 14.3. The van der Waals surface area contributed by atoms with Gasteiger partial charge in [-0.2, -0.15) is 0 Å². The normalized spacial score (nSPS) is 30.0. The Morgan fingerprint density at radius 3 is 2.45 bits per heavy atom. The Balaban J connectivity index is 1.26. The molecule has 3 aliphatic rings. The van der Waals surface area contributed by atoms with Gasteiger partial charge in [0.1, 0.15) is 0 Å². The minimum absolute atomic E-state index is 0.0642. The highest BCUT2D eigenvalue weighted by molar-refractivity contribution is 9.10. The molecular formula is C32H34BrNO4. The van der Waals surface area contributed by atoms with Crippen LogP contribution in [0.4, 0.5) is 0 Å². The Kier molecular flexibility index (Phi) is 6.19. The van der Waals surface area contributed by atoms with Gasteiger partial charge in [0.15, 0.2) is 5.60 Å². The molecule has 2 aliphatic heterocycles. The monoisotopic (exact) mass is 575 g/mol. The number of carbonyl (C=O) groups is 2. The highest BCUT2D eigenvalue weighted by atomic mass is 79.9. The van der Waals surface area contributed by atoms with Crippen LogP contribution < -0.4 is 0 Å².